The van der Waals surface area contributed by atoms with E-state index in [1.165, 1.54) is 0 Å². The number of carboxylic acid groups (broad SMARTS) is 1. The van der Waals surface area contributed by atoms with Gasteiger partial charge in [0.25, 0.3) is 0 Å². The number of carboxylic acids is 1. The number of allylic oxidation sites excluding steroid dienone is 1. The molecule has 148 valence electrons. The summed E-state index contributed by atoms with van der Waals surface area (Å²) in [7, 11) is 0. The predicted molar refractivity (Wildman–Crippen MR) is 91.1 cm³/mol. The third-order valence-corrected chi connectivity index (χ3v) is 2.61. The molecule has 10 heteroatoms. The molecule has 0 bridgehead atoms. The van der Waals surface area contributed by atoms with Crippen molar-refractivity contribution in [2.45, 2.75) is 71.6 Å². The SMILES string of the molecule is CC(C)(C)OC(=O)N(C(=O)OC(C)(C)C)[C@H](CCC=C[N+](=O)[O-])C(=O)O. The van der Waals surface area contributed by atoms with Crippen molar-refractivity contribution >= 4 is 18.2 Å². The van der Waals surface area contributed by atoms with Crippen LogP contribution >= 0.6 is 0 Å². The highest BCUT2D eigenvalue weighted by Gasteiger charge is 2.39. The van der Waals surface area contributed by atoms with Crippen molar-refractivity contribution in [1.29, 1.82) is 0 Å². The molecule has 0 saturated heterocycles. The monoisotopic (exact) mass is 374 g/mol. The zero-order chi connectivity index (χ0) is 20.7. The molecule has 0 radical (unpaired) electrons. The fourth-order valence-corrected chi connectivity index (χ4v) is 1.73. The fourth-order valence-electron chi connectivity index (χ4n) is 1.73. The van der Waals surface area contributed by atoms with E-state index in [4.69, 9.17) is 9.47 Å². The molecule has 0 spiro atoms. The molecule has 1 N–H and O–H groups in total. The molecule has 2 amide bonds. The average molecular weight is 374 g/mol. The number of carbonyl (C=O) groups is 3. The molecule has 10 nitrogen and oxygen atoms in total. The lowest BCUT2D eigenvalue weighted by Gasteiger charge is -2.31. The molecular weight excluding hydrogens is 348 g/mol. The molecule has 0 fully saturated rings. The third kappa shape index (κ3) is 9.60. The summed E-state index contributed by atoms with van der Waals surface area (Å²) in [6.07, 6.45) is -0.824. The summed E-state index contributed by atoms with van der Waals surface area (Å²) >= 11 is 0. The molecule has 0 aliphatic rings. The quantitative estimate of drug-likeness (QED) is 0.553. The van der Waals surface area contributed by atoms with Crippen LogP contribution in [0.3, 0.4) is 0 Å². The maximum absolute atomic E-state index is 12.4. The number of amides is 2. The smallest absolute Gasteiger partial charge is 0.420 e. The first-order valence-corrected chi connectivity index (χ1v) is 7.92. The summed E-state index contributed by atoms with van der Waals surface area (Å²) in [6.45, 7) is 9.38. The van der Waals surface area contributed by atoms with Crippen LogP contribution in [-0.2, 0) is 14.3 Å². The lowest BCUT2D eigenvalue weighted by Crippen LogP contribution is -2.51. The Labute approximate surface area is 151 Å². The summed E-state index contributed by atoms with van der Waals surface area (Å²) in [5, 5.41) is 19.7. The van der Waals surface area contributed by atoms with E-state index in [1.807, 2.05) is 0 Å². The summed E-state index contributed by atoms with van der Waals surface area (Å²) in [4.78, 5) is 46.3. The van der Waals surface area contributed by atoms with Crippen LogP contribution in [0.2, 0.25) is 0 Å². The second-order valence-corrected chi connectivity index (χ2v) is 7.43. The average Bonchev–Trinajstić information content (AvgIpc) is 2.36. The van der Waals surface area contributed by atoms with Gasteiger partial charge in [-0.05, 0) is 60.5 Å². The zero-order valence-corrected chi connectivity index (χ0v) is 15.8. The van der Waals surface area contributed by atoms with Gasteiger partial charge in [0.05, 0.1) is 4.92 Å². The van der Waals surface area contributed by atoms with E-state index in [0.29, 0.717) is 11.1 Å². The van der Waals surface area contributed by atoms with Crippen LogP contribution in [0.15, 0.2) is 12.3 Å². The van der Waals surface area contributed by atoms with Gasteiger partial charge in [0.15, 0.2) is 0 Å². The van der Waals surface area contributed by atoms with Gasteiger partial charge in [-0.2, -0.15) is 4.90 Å². The number of ether oxygens (including phenoxy) is 2. The van der Waals surface area contributed by atoms with Crippen LogP contribution in [0.1, 0.15) is 54.4 Å². The minimum Gasteiger partial charge on any atom is -0.480 e. The Morgan fingerprint density at radius 3 is 1.81 bits per heavy atom. The first-order valence-electron chi connectivity index (χ1n) is 7.92. The first kappa shape index (κ1) is 23.4. The van der Waals surface area contributed by atoms with E-state index < -0.39 is 40.3 Å². The summed E-state index contributed by atoms with van der Waals surface area (Å²) in [6, 6.07) is -1.60. The van der Waals surface area contributed by atoms with E-state index >= 15 is 0 Å². The Kier molecular flexibility index (Phi) is 8.23. The van der Waals surface area contributed by atoms with E-state index in [2.05, 4.69) is 0 Å². The first-order chi connectivity index (χ1) is 11.6. The second-order valence-electron chi connectivity index (χ2n) is 7.43. The normalized spacial score (nSPS) is 13.2. The fraction of sp³-hybridized carbons (Fsp3) is 0.688. The predicted octanol–water partition coefficient (Wildman–Crippen LogP) is 3.18. The zero-order valence-electron chi connectivity index (χ0n) is 15.8. The highest BCUT2D eigenvalue weighted by molar-refractivity contribution is 5.93. The molecule has 0 aliphatic carbocycles. The van der Waals surface area contributed by atoms with Crippen LogP contribution in [0.5, 0.6) is 0 Å². The van der Waals surface area contributed by atoms with Gasteiger partial charge < -0.3 is 14.6 Å². The van der Waals surface area contributed by atoms with Crippen LogP contribution < -0.4 is 0 Å². The Bertz CT molecular complexity index is 544. The van der Waals surface area contributed by atoms with Gasteiger partial charge in [-0.15, -0.1) is 0 Å². The molecular formula is C16H26N2O8. The molecule has 0 aliphatic heterocycles. The van der Waals surface area contributed by atoms with E-state index in [0.717, 1.165) is 6.08 Å². The van der Waals surface area contributed by atoms with Gasteiger partial charge in [0.1, 0.15) is 17.2 Å². The van der Waals surface area contributed by atoms with Gasteiger partial charge in [-0.25, -0.2) is 14.4 Å². The number of aliphatic carboxylic acids is 1. The lowest BCUT2D eigenvalue weighted by molar-refractivity contribution is -0.402. The number of hydrogen-bond acceptors (Lipinski definition) is 7. The van der Waals surface area contributed by atoms with Gasteiger partial charge in [-0.3, -0.25) is 10.1 Å². The van der Waals surface area contributed by atoms with Crippen molar-refractivity contribution in [3.8, 4) is 0 Å². The van der Waals surface area contributed by atoms with Crippen LogP contribution in [0, 0.1) is 10.1 Å². The van der Waals surface area contributed by atoms with Crippen LogP contribution in [-0.4, -0.2) is 50.3 Å². The summed E-state index contributed by atoms with van der Waals surface area (Å²) < 4.78 is 10.2. The van der Waals surface area contributed by atoms with Crippen molar-refractivity contribution in [3.05, 3.63) is 22.4 Å². The van der Waals surface area contributed by atoms with Gasteiger partial charge >= 0.3 is 18.2 Å². The number of imide groups is 1. The van der Waals surface area contributed by atoms with Crippen molar-refractivity contribution in [2.24, 2.45) is 0 Å². The molecule has 0 rings (SSSR count). The standard InChI is InChI=1S/C16H26N2O8/c1-15(2,3)25-13(21)18(14(22)26-16(4,5)6)11(12(19)20)9-7-8-10-17(23)24/h8,10-11H,7,9H2,1-6H3,(H,19,20)/t11-/m1/s1. The van der Waals surface area contributed by atoms with Crippen LogP contribution in [0.25, 0.3) is 0 Å². The Morgan fingerprint density at radius 2 is 1.50 bits per heavy atom. The van der Waals surface area contributed by atoms with E-state index in [1.54, 1.807) is 41.5 Å². The largest absolute Gasteiger partial charge is 0.480 e. The maximum atomic E-state index is 12.4. The third-order valence-electron chi connectivity index (χ3n) is 2.61. The summed E-state index contributed by atoms with van der Waals surface area (Å²) in [5.74, 6) is -1.46. The molecule has 0 saturated carbocycles. The molecule has 0 aromatic rings. The van der Waals surface area contributed by atoms with Crippen molar-refractivity contribution in [2.75, 3.05) is 0 Å². The van der Waals surface area contributed by atoms with Gasteiger partial charge in [0, 0.05) is 0 Å². The number of nitrogens with zero attached hydrogens (tertiary/aromatic N) is 2. The maximum Gasteiger partial charge on any atom is 0.420 e. The Morgan fingerprint density at radius 1 is 1.08 bits per heavy atom. The Hall–Kier alpha value is -2.65. The topological polar surface area (TPSA) is 136 Å². The molecule has 0 heterocycles. The number of rotatable bonds is 6. The number of nitro groups is 1. The van der Waals surface area contributed by atoms with Gasteiger partial charge in [0.2, 0.25) is 6.20 Å². The highest BCUT2D eigenvalue weighted by Crippen LogP contribution is 2.19. The highest BCUT2D eigenvalue weighted by atomic mass is 16.6. The van der Waals surface area contributed by atoms with Crippen LogP contribution in [0.4, 0.5) is 9.59 Å². The number of carbonyl (C=O) groups excluding carboxylic acids is 2. The molecule has 26 heavy (non-hydrogen) atoms. The molecule has 0 aromatic heterocycles. The second kappa shape index (κ2) is 9.16. The van der Waals surface area contributed by atoms with Gasteiger partial charge in [-0.1, -0.05) is 0 Å². The minimum atomic E-state index is -1.60. The molecule has 0 aromatic carbocycles. The van der Waals surface area contributed by atoms with E-state index in [9.17, 15) is 29.6 Å². The van der Waals surface area contributed by atoms with Crippen molar-refractivity contribution in [1.82, 2.24) is 4.90 Å². The summed E-state index contributed by atoms with van der Waals surface area (Å²) in [5.41, 5.74) is -1.93. The number of hydrogen-bond donors (Lipinski definition) is 1. The molecule has 1 atom stereocenters. The van der Waals surface area contributed by atoms with Crippen molar-refractivity contribution < 1.29 is 33.9 Å². The minimum absolute atomic E-state index is 0.0416. The van der Waals surface area contributed by atoms with E-state index in [-0.39, 0.29) is 12.8 Å². The Balaban J connectivity index is 5.59. The molecule has 0 unspecified atom stereocenters. The van der Waals surface area contributed by atoms with Crippen molar-refractivity contribution in [3.63, 3.8) is 0 Å². The lowest BCUT2D eigenvalue weighted by atomic mass is 10.1.